The summed E-state index contributed by atoms with van der Waals surface area (Å²) in [6.45, 7) is 2.56. The first-order valence-electron chi connectivity index (χ1n) is 8.67. The summed E-state index contributed by atoms with van der Waals surface area (Å²) >= 11 is 5.84. The summed E-state index contributed by atoms with van der Waals surface area (Å²) < 4.78 is 45.3. The number of ether oxygens (including phenoxy) is 1. The van der Waals surface area contributed by atoms with Crippen LogP contribution in [0, 0.1) is 0 Å². The number of thioether (sulfide) groups is 1. The van der Waals surface area contributed by atoms with Crippen LogP contribution in [0.15, 0.2) is 24.3 Å². The van der Waals surface area contributed by atoms with Crippen LogP contribution in [0.4, 0.5) is 13.2 Å². The van der Waals surface area contributed by atoms with Crippen LogP contribution in [0.3, 0.4) is 0 Å². The Balaban J connectivity index is 0.00000450. The SMILES string of the molecule is C.CCOC(=S)SC(CC(NC(C)=O)C(F)(F)F)CN1C(=O)c2ccccc2C1=O. The third-order valence-corrected chi connectivity index (χ3v) is 5.45. The number of imide groups is 1. The van der Waals surface area contributed by atoms with Crippen LogP contribution < -0.4 is 5.32 Å². The molecule has 1 aromatic rings. The molecule has 1 heterocycles. The van der Waals surface area contributed by atoms with Crippen LogP contribution in [0.1, 0.15) is 48.4 Å². The zero-order chi connectivity index (χ0) is 21.8. The molecule has 1 aliphatic heterocycles. The second kappa shape index (κ2) is 10.8. The van der Waals surface area contributed by atoms with E-state index in [4.69, 9.17) is 17.0 Å². The summed E-state index contributed by atoms with van der Waals surface area (Å²) in [5.74, 6) is -2.01. The molecule has 2 unspecified atom stereocenters. The molecule has 2 rings (SSSR count). The Kier molecular flexibility index (Phi) is 9.29. The van der Waals surface area contributed by atoms with Crippen molar-refractivity contribution in [2.24, 2.45) is 0 Å². The maximum absolute atomic E-state index is 13.4. The molecule has 11 heteroatoms. The molecule has 166 valence electrons. The number of hydrogen-bond acceptors (Lipinski definition) is 6. The molecule has 1 N–H and O–H groups in total. The van der Waals surface area contributed by atoms with Crippen molar-refractivity contribution in [2.75, 3.05) is 13.2 Å². The molecule has 0 fully saturated rings. The van der Waals surface area contributed by atoms with E-state index < -0.39 is 41.6 Å². The highest BCUT2D eigenvalue weighted by atomic mass is 32.2. The lowest BCUT2D eigenvalue weighted by Crippen LogP contribution is -2.48. The van der Waals surface area contributed by atoms with E-state index in [0.717, 1.165) is 23.6 Å². The van der Waals surface area contributed by atoms with E-state index in [-0.39, 0.29) is 36.1 Å². The summed E-state index contributed by atoms with van der Waals surface area (Å²) in [5.41, 5.74) is 0.394. The van der Waals surface area contributed by atoms with Crippen molar-refractivity contribution < 1.29 is 32.3 Å². The predicted octanol–water partition coefficient (Wildman–Crippen LogP) is 3.80. The molecule has 0 saturated carbocycles. The maximum atomic E-state index is 13.4. The molecular formula is C19H23F3N2O4S2. The van der Waals surface area contributed by atoms with Gasteiger partial charge < -0.3 is 10.1 Å². The molecule has 1 aliphatic rings. The molecule has 30 heavy (non-hydrogen) atoms. The number of halogens is 3. The minimum absolute atomic E-state index is 0. The lowest BCUT2D eigenvalue weighted by Gasteiger charge is -2.28. The topological polar surface area (TPSA) is 75.7 Å². The van der Waals surface area contributed by atoms with Gasteiger partial charge in [-0.15, -0.1) is 0 Å². The van der Waals surface area contributed by atoms with Gasteiger partial charge in [0.2, 0.25) is 10.3 Å². The third-order valence-electron chi connectivity index (χ3n) is 4.06. The number of nitrogens with one attached hydrogen (secondary N) is 1. The van der Waals surface area contributed by atoms with Gasteiger partial charge in [0.25, 0.3) is 11.8 Å². The van der Waals surface area contributed by atoms with E-state index in [2.05, 4.69) is 0 Å². The number of carbonyl (C=O) groups is 3. The highest BCUT2D eigenvalue weighted by molar-refractivity contribution is 8.23. The van der Waals surface area contributed by atoms with Crippen LogP contribution in [-0.4, -0.2) is 57.6 Å². The van der Waals surface area contributed by atoms with Crippen molar-refractivity contribution in [1.82, 2.24) is 10.2 Å². The standard InChI is InChI=1S/C18H19F3N2O4S2.CH4/c1-3-27-17(28)29-11(8-14(18(19,20)21)22-10(2)24)9-23-15(25)12-6-4-5-7-13(12)16(23)26;/h4-7,11,14H,3,8-9H2,1-2H3,(H,22,24);1H4. The Morgan fingerprint density at radius 1 is 1.23 bits per heavy atom. The third kappa shape index (κ3) is 6.43. The van der Waals surface area contributed by atoms with Crippen LogP contribution >= 0.6 is 24.0 Å². The van der Waals surface area contributed by atoms with Gasteiger partial charge in [0.05, 0.1) is 17.7 Å². The second-order valence-corrected chi connectivity index (χ2v) is 8.12. The van der Waals surface area contributed by atoms with Crippen LogP contribution in [0.2, 0.25) is 0 Å². The Labute approximate surface area is 182 Å². The molecule has 2 atom stereocenters. The lowest BCUT2D eigenvalue weighted by atomic mass is 10.1. The molecule has 0 aliphatic carbocycles. The fraction of sp³-hybridized carbons (Fsp3) is 0.474. The average Bonchev–Trinajstić information content (AvgIpc) is 2.85. The zero-order valence-corrected chi connectivity index (χ0v) is 17.2. The van der Waals surface area contributed by atoms with E-state index in [1.165, 1.54) is 12.1 Å². The maximum Gasteiger partial charge on any atom is 0.408 e. The van der Waals surface area contributed by atoms with Crippen molar-refractivity contribution >= 4 is 46.1 Å². The van der Waals surface area contributed by atoms with Gasteiger partial charge in [0.1, 0.15) is 6.04 Å². The average molecular weight is 465 g/mol. The predicted molar refractivity (Wildman–Crippen MR) is 112 cm³/mol. The molecule has 0 saturated heterocycles. The molecule has 6 nitrogen and oxygen atoms in total. The van der Waals surface area contributed by atoms with E-state index in [1.54, 1.807) is 19.1 Å². The van der Waals surface area contributed by atoms with Crippen molar-refractivity contribution in [3.63, 3.8) is 0 Å². The smallest absolute Gasteiger partial charge is 0.408 e. The van der Waals surface area contributed by atoms with Gasteiger partial charge in [-0.25, -0.2) is 0 Å². The first-order valence-corrected chi connectivity index (χ1v) is 9.95. The highest BCUT2D eigenvalue weighted by Crippen LogP contribution is 2.31. The number of fused-ring (bicyclic) bond motifs is 1. The van der Waals surface area contributed by atoms with Gasteiger partial charge in [-0.05, 0) is 37.7 Å². The van der Waals surface area contributed by atoms with Crippen LogP contribution in [0.5, 0.6) is 0 Å². The van der Waals surface area contributed by atoms with E-state index in [9.17, 15) is 27.6 Å². The largest absolute Gasteiger partial charge is 0.479 e. The zero-order valence-electron chi connectivity index (χ0n) is 15.6. The summed E-state index contributed by atoms with van der Waals surface area (Å²) in [6, 6.07) is 4.01. The van der Waals surface area contributed by atoms with E-state index >= 15 is 0 Å². The van der Waals surface area contributed by atoms with Gasteiger partial charge in [-0.1, -0.05) is 31.3 Å². The number of benzene rings is 1. The molecule has 0 bridgehead atoms. The van der Waals surface area contributed by atoms with E-state index in [1.807, 2.05) is 5.32 Å². The molecule has 0 aromatic heterocycles. The Hall–Kier alpha value is -2.14. The van der Waals surface area contributed by atoms with Crippen LogP contribution in [0.25, 0.3) is 0 Å². The van der Waals surface area contributed by atoms with Gasteiger partial charge in [0, 0.05) is 18.7 Å². The quantitative estimate of drug-likeness (QED) is 0.489. The minimum Gasteiger partial charge on any atom is -0.479 e. The number of hydrogen-bond donors (Lipinski definition) is 1. The molecular weight excluding hydrogens is 441 g/mol. The lowest BCUT2D eigenvalue weighted by molar-refractivity contribution is -0.162. The van der Waals surface area contributed by atoms with Gasteiger partial charge in [0.15, 0.2) is 0 Å². The fourth-order valence-corrected chi connectivity index (χ4v) is 4.34. The Morgan fingerprint density at radius 3 is 2.20 bits per heavy atom. The summed E-state index contributed by atoms with van der Waals surface area (Å²) in [7, 11) is 0. The highest BCUT2D eigenvalue weighted by Gasteiger charge is 2.43. The summed E-state index contributed by atoms with van der Waals surface area (Å²) in [4.78, 5) is 37.2. The summed E-state index contributed by atoms with van der Waals surface area (Å²) in [5, 5.41) is 0.935. The molecule has 3 amide bonds. The first-order chi connectivity index (χ1) is 13.5. The van der Waals surface area contributed by atoms with Crippen molar-refractivity contribution in [3.8, 4) is 0 Å². The summed E-state index contributed by atoms with van der Waals surface area (Å²) in [6.07, 6.45) is -5.30. The number of alkyl halides is 3. The Morgan fingerprint density at radius 2 is 1.77 bits per heavy atom. The van der Waals surface area contributed by atoms with Crippen molar-refractivity contribution in [3.05, 3.63) is 35.4 Å². The number of nitrogens with zero attached hydrogens (tertiary/aromatic N) is 1. The molecule has 0 radical (unpaired) electrons. The van der Waals surface area contributed by atoms with Gasteiger partial charge >= 0.3 is 6.18 Å². The number of thiocarbonyl (C=S) groups is 1. The van der Waals surface area contributed by atoms with Crippen molar-refractivity contribution in [2.45, 2.75) is 45.2 Å². The number of amides is 3. The van der Waals surface area contributed by atoms with Gasteiger partial charge in [-0.3, -0.25) is 19.3 Å². The minimum atomic E-state index is -4.71. The van der Waals surface area contributed by atoms with E-state index in [0.29, 0.717) is 0 Å². The monoisotopic (exact) mass is 464 g/mol. The first kappa shape index (κ1) is 25.9. The number of carbonyl (C=O) groups excluding carboxylic acids is 3. The Bertz CT molecular complexity index is 782. The normalized spacial score (nSPS) is 15.2. The number of rotatable bonds is 7. The van der Waals surface area contributed by atoms with Gasteiger partial charge in [-0.2, -0.15) is 13.2 Å². The fourth-order valence-electron chi connectivity index (χ4n) is 2.84. The van der Waals surface area contributed by atoms with Crippen LogP contribution in [-0.2, 0) is 9.53 Å². The second-order valence-electron chi connectivity index (χ2n) is 6.22. The van der Waals surface area contributed by atoms with Crippen molar-refractivity contribution in [1.29, 1.82) is 0 Å². The molecule has 1 aromatic carbocycles. The molecule has 0 spiro atoms.